The minimum absolute atomic E-state index is 0.219. The molecule has 1 N–H and O–H groups in total. The molecule has 0 spiro atoms. The van der Waals surface area contributed by atoms with Crippen molar-refractivity contribution < 1.29 is 14.3 Å². The van der Waals surface area contributed by atoms with Gasteiger partial charge in [-0.3, -0.25) is 4.79 Å². The Bertz CT molecular complexity index is 1010. The van der Waals surface area contributed by atoms with E-state index in [4.69, 9.17) is 21.1 Å². The molecule has 0 saturated heterocycles. The van der Waals surface area contributed by atoms with Crippen molar-refractivity contribution in [3.8, 4) is 21.3 Å². The monoisotopic (exact) mass is 375 g/mol. The topological polar surface area (TPSA) is 63.3 Å². The van der Waals surface area contributed by atoms with Gasteiger partial charge >= 0.3 is 5.97 Å². The van der Waals surface area contributed by atoms with Crippen LogP contribution in [0.25, 0.3) is 31.4 Å². The van der Waals surface area contributed by atoms with Gasteiger partial charge in [-0.15, -0.1) is 22.7 Å². The number of halogens is 1. The van der Waals surface area contributed by atoms with Crippen LogP contribution in [0.2, 0.25) is 4.34 Å². The van der Waals surface area contributed by atoms with Gasteiger partial charge in [-0.2, -0.15) is 0 Å². The molecule has 3 aromatic heterocycles. The summed E-state index contributed by atoms with van der Waals surface area (Å²) in [5, 5.41) is 10.2. The number of fused-ring (bicyclic) bond motifs is 1. The van der Waals surface area contributed by atoms with Gasteiger partial charge in [0.1, 0.15) is 17.9 Å². The first-order valence-corrected chi connectivity index (χ1v) is 9.07. The maximum absolute atomic E-state index is 11.1. The van der Waals surface area contributed by atoms with E-state index >= 15 is 0 Å². The molecule has 4 nitrogen and oxygen atoms in total. The lowest BCUT2D eigenvalue weighted by atomic mass is 10.2. The Morgan fingerprint density at radius 2 is 2.00 bits per heavy atom. The highest BCUT2D eigenvalue weighted by atomic mass is 35.5. The second kappa shape index (κ2) is 6.05. The molecule has 0 unspecified atom stereocenters. The number of oxazole rings is 1. The number of carboxylic acids is 1. The van der Waals surface area contributed by atoms with Crippen LogP contribution in [-0.2, 0) is 11.2 Å². The number of hydrogen-bond donors (Lipinski definition) is 1. The number of aromatic nitrogens is 1. The third-order valence-corrected chi connectivity index (χ3v) is 5.79. The van der Waals surface area contributed by atoms with Gasteiger partial charge in [-0.05, 0) is 29.7 Å². The van der Waals surface area contributed by atoms with E-state index in [0.29, 0.717) is 21.7 Å². The largest absolute Gasteiger partial charge is 0.481 e. The maximum atomic E-state index is 11.1. The lowest BCUT2D eigenvalue weighted by Gasteiger charge is -1.94. The predicted molar refractivity (Wildman–Crippen MR) is 97.0 cm³/mol. The van der Waals surface area contributed by atoms with Crippen LogP contribution in [0.15, 0.2) is 46.9 Å². The molecule has 0 amide bonds. The van der Waals surface area contributed by atoms with Gasteiger partial charge < -0.3 is 9.52 Å². The van der Waals surface area contributed by atoms with Crippen LogP contribution in [0.5, 0.6) is 0 Å². The van der Waals surface area contributed by atoms with E-state index in [1.807, 2.05) is 36.4 Å². The Morgan fingerprint density at radius 1 is 1.17 bits per heavy atom. The molecule has 0 aliphatic carbocycles. The zero-order valence-corrected chi connectivity index (χ0v) is 14.5. The van der Waals surface area contributed by atoms with E-state index in [1.165, 1.54) is 11.3 Å². The molecule has 0 radical (unpaired) electrons. The Kier molecular flexibility index (Phi) is 3.88. The molecule has 1 aromatic carbocycles. The third kappa shape index (κ3) is 2.84. The smallest absolute Gasteiger partial charge is 0.311 e. The van der Waals surface area contributed by atoms with E-state index in [2.05, 4.69) is 4.98 Å². The van der Waals surface area contributed by atoms with Crippen molar-refractivity contribution in [2.75, 3.05) is 0 Å². The Morgan fingerprint density at radius 3 is 2.71 bits per heavy atom. The van der Waals surface area contributed by atoms with E-state index in [1.54, 1.807) is 17.4 Å². The van der Waals surface area contributed by atoms with Gasteiger partial charge in [0.25, 0.3) is 0 Å². The molecular formula is C17H10ClNO3S2. The molecule has 0 bridgehead atoms. The summed E-state index contributed by atoms with van der Waals surface area (Å²) in [7, 11) is 0. The highest BCUT2D eigenvalue weighted by Gasteiger charge is 2.21. The molecule has 7 heteroatoms. The quantitative estimate of drug-likeness (QED) is 0.506. The van der Waals surface area contributed by atoms with Crippen LogP contribution in [0.1, 0.15) is 5.76 Å². The fourth-order valence-corrected chi connectivity index (χ4v) is 4.48. The highest BCUT2D eigenvalue weighted by Crippen LogP contribution is 2.38. The molecular weight excluding hydrogens is 366 g/mol. The molecule has 0 saturated carbocycles. The Hall–Kier alpha value is -2.15. The highest BCUT2D eigenvalue weighted by molar-refractivity contribution is 7.22. The first-order valence-electron chi connectivity index (χ1n) is 7.06. The number of hydrogen-bond acceptors (Lipinski definition) is 5. The fraction of sp³-hybridized carbons (Fsp3) is 0.0588. The standard InChI is InChI=1S/C17H10ClNO3S2/c18-14-6-5-12(24-14)16-10(8-15(20)21)22-17(19-16)13-7-9-3-1-2-4-11(9)23-13/h1-7H,8H2,(H,20,21). The predicted octanol–water partition coefficient (Wildman–Crippen LogP) is 5.57. The second-order valence-corrected chi connectivity index (χ2v) is 7.91. The zero-order valence-electron chi connectivity index (χ0n) is 12.2. The maximum Gasteiger partial charge on any atom is 0.311 e. The molecule has 120 valence electrons. The summed E-state index contributed by atoms with van der Waals surface area (Å²) < 4.78 is 7.54. The van der Waals surface area contributed by atoms with Gasteiger partial charge in [0.15, 0.2) is 0 Å². The van der Waals surface area contributed by atoms with Crippen molar-refractivity contribution in [2.45, 2.75) is 6.42 Å². The SMILES string of the molecule is O=C(O)Cc1oc(-c2cc3ccccc3s2)nc1-c1ccc(Cl)s1. The summed E-state index contributed by atoms with van der Waals surface area (Å²) >= 11 is 8.91. The van der Waals surface area contributed by atoms with Crippen LogP contribution in [0.3, 0.4) is 0 Å². The summed E-state index contributed by atoms with van der Waals surface area (Å²) in [6, 6.07) is 13.6. The normalized spacial score (nSPS) is 11.2. The lowest BCUT2D eigenvalue weighted by molar-refractivity contribution is -0.136. The van der Waals surface area contributed by atoms with Crippen molar-refractivity contribution in [2.24, 2.45) is 0 Å². The number of carbonyl (C=O) groups is 1. The van der Waals surface area contributed by atoms with E-state index in [9.17, 15) is 4.79 Å². The van der Waals surface area contributed by atoms with Crippen LogP contribution < -0.4 is 0 Å². The van der Waals surface area contributed by atoms with Gasteiger partial charge in [0.2, 0.25) is 5.89 Å². The lowest BCUT2D eigenvalue weighted by Crippen LogP contribution is -1.99. The van der Waals surface area contributed by atoms with Crippen LogP contribution in [0, 0.1) is 0 Å². The van der Waals surface area contributed by atoms with Crippen molar-refractivity contribution in [1.82, 2.24) is 4.98 Å². The van der Waals surface area contributed by atoms with Crippen molar-refractivity contribution in [1.29, 1.82) is 0 Å². The minimum Gasteiger partial charge on any atom is -0.481 e. The summed E-state index contributed by atoms with van der Waals surface area (Å²) in [6.45, 7) is 0. The van der Waals surface area contributed by atoms with E-state index < -0.39 is 5.97 Å². The van der Waals surface area contributed by atoms with Crippen LogP contribution >= 0.6 is 34.3 Å². The molecule has 0 fully saturated rings. The molecule has 0 atom stereocenters. The van der Waals surface area contributed by atoms with Crippen molar-refractivity contribution >= 4 is 50.3 Å². The fourth-order valence-electron chi connectivity index (χ4n) is 2.44. The number of aliphatic carboxylic acids is 1. The number of thiophene rings is 2. The van der Waals surface area contributed by atoms with Gasteiger partial charge in [-0.25, -0.2) is 4.98 Å². The molecule has 24 heavy (non-hydrogen) atoms. The molecule has 3 heterocycles. The Labute approximate surface area is 150 Å². The number of rotatable bonds is 4. The average molecular weight is 376 g/mol. The van der Waals surface area contributed by atoms with Gasteiger partial charge in [-0.1, -0.05) is 29.8 Å². The van der Waals surface area contributed by atoms with Crippen molar-refractivity contribution in [3.63, 3.8) is 0 Å². The van der Waals surface area contributed by atoms with Crippen LogP contribution in [-0.4, -0.2) is 16.1 Å². The van der Waals surface area contributed by atoms with E-state index in [0.717, 1.165) is 19.8 Å². The summed E-state index contributed by atoms with van der Waals surface area (Å²) in [5.41, 5.74) is 0.543. The van der Waals surface area contributed by atoms with Gasteiger partial charge in [0.05, 0.1) is 14.1 Å². The van der Waals surface area contributed by atoms with Crippen LogP contribution in [0.4, 0.5) is 0 Å². The summed E-state index contributed by atoms with van der Waals surface area (Å²) in [4.78, 5) is 17.4. The van der Waals surface area contributed by atoms with Crippen molar-refractivity contribution in [3.05, 3.63) is 52.6 Å². The molecule has 0 aliphatic rings. The minimum atomic E-state index is -0.960. The third-order valence-electron chi connectivity index (χ3n) is 3.45. The zero-order chi connectivity index (χ0) is 16.7. The average Bonchev–Trinajstić information content (AvgIpc) is 3.23. The molecule has 4 rings (SSSR count). The molecule has 0 aliphatic heterocycles. The number of nitrogens with zero attached hydrogens (tertiary/aromatic N) is 1. The summed E-state index contributed by atoms with van der Waals surface area (Å²) in [5.74, 6) is -0.182. The first-order chi connectivity index (χ1) is 11.6. The number of carboxylic acid groups (broad SMARTS) is 1. The summed E-state index contributed by atoms with van der Waals surface area (Å²) in [6.07, 6.45) is -0.219. The Balaban J connectivity index is 1.84. The second-order valence-electron chi connectivity index (χ2n) is 5.11. The van der Waals surface area contributed by atoms with E-state index in [-0.39, 0.29) is 6.42 Å². The van der Waals surface area contributed by atoms with Gasteiger partial charge in [0, 0.05) is 4.70 Å². The molecule has 4 aromatic rings. The first kappa shape index (κ1) is 15.4. The number of benzene rings is 1.